The number of benzene rings is 1. The molecule has 90 valence electrons. The first-order chi connectivity index (χ1) is 7.40. The van der Waals surface area contributed by atoms with Gasteiger partial charge in [-0.05, 0) is 24.5 Å². The van der Waals surface area contributed by atoms with E-state index < -0.39 is 10.1 Å². The fraction of sp³-hybridized carbons (Fsp3) is 0.455. The predicted molar refractivity (Wildman–Crippen MR) is 65.5 cm³/mol. The molecule has 1 aromatic rings. The summed E-state index contributed by atoms with van der Waals surface area (Å²) >= 11 is 0. The standard InChI is InChI=1S/C11H17NO3S/c1-12(2)11-8-4-3-6-10(11)7-5-9-16(13,14)15/h3-4,6,8H,5,7,9H2,1-2H3,(H,13,14,15). The molecule has 0 aliphatic heterocycles. The van der Waals surface area contributed by atoms with Crippen molar-refractivity contribution in [1.29, 1.82) is 0 Å². The zero-order valence-corrected chi connectivity index (χ0v) is 10.4. The Morgan fingerprint density at radius 3 is 2.44 bits per heavy atom. The Balaban J connectivity index is 2.67. The number of hydrogen-bond donors (Lipinski definition) is 1. The first kappa shape index (κ1) is 13.0. The number of rotatable bonds is 5. The summed E-state index contributed by atoms with van der Waals surface area (Å²) in [6.45, 7) is 0. The van der Waals surface area contributed by atoms with Crippen LogP contribution in [0, 0.1) is 0 Å². The maximum absolute atomic E-state index is 10.6. The second-order valence-electron chi connectivity index (χ2n) is 3.91. The minimum Gasteiger partial charge on any atom is -0.377 e. The first-order valence-corrected chi connectivity index (χ1v) is 6.71. The van der Waals surface area contributed by atoms with Crippen molar-refractivity contribution in [2.75, 3.05) is 24.7 Å². The summed E-state index contributed by atoms with van der Waals surface area (Å²) in [5.74, 6) is -0.186. The van der Waals surface area contributed by atoms with E-state index >= 15 is 0 Å². The molecular formula is C11H17NO3S. The van der Waals surface area contributed by atoms with Crippen molar-refractivity contribution in [2.45, 2.75) is 12.8 Å². The lowest BCUT2D eigenvalue weighted by atomic mass is 10.1. The maximum Gasteiger partial charge on any atom is 0.264 e. The van der Waals surface area contributed by atoms with Crippen LogP contribution in [0.5, 0.6) is 0 Å². The van der Waals surface area contributed by atoms with Crippen LogP contribution < -0.4 is 4.90 Å². The Kier molecular flexibility index (Phi) is 4.32. The monoisotopic (exact) mass is 243 g/mol. The van der Waals surface area contributed by atoms with E-state index in [1.54, 1.807) is 0 Å². The van der Waals surface area contributed by atoms with Gasteiger partial charge in [0.25, 0.3) is 10.1 Å². The minimum atomic E-state index is -3.84. The zero-order chi connectivity index (χ0) is 12.2. The summed E-state index contributed by atoms with van der Waals surface area (Å²) in [6.07, 6.45) is 1.08. The van der Waals surface area contributed by atoms with Gasteiger partial charge in [-0.3, -0.25) is 4.55 Å². The summed E-state index contributed by atoms with van der Waals surface area (Å²) in [5.41, 5.74) is 2.17. The highest BCUT2D eigenvalue weighted by Crippen LogP contribution is 2.19. The number of hydrogen-bond acceptors (Lipinski definition) is 3. The zero-order valence-electron chi connectivity index (χ0n) is 9.55. The Morgan fingerprint density at radius 2 is 1.88 bits per heavy atom. The Bertz CT molecular complexity index is 440. The van der Waals surface area contributed by atoms with E-state index in [9.17, 15) is 8.42 Å². The molecule has 0 atom stereocenters. The van der Waals surface area contributed by atoms with Crippen molar-refractivity contribution < 1.29 is 13.0 Å². The highest BCUT2D eigenvalue weighted by atomic mass is 32.2. The molecule has 4 nitrogen and oxygen atoms in total. The van der Waals surface area contributed by atoms with E-state index in [0.717, 1.165) is 11.3 Å². The van der Waals surface area contributed by atoms with Crippen LogP contribution in [0.4, 0.5) is 5.69 Å². The van der Waals surface area contributed by atoms with Gasteiger partial charge in [-0.25, -0.2) is 0 Å². The van der Waals surface area contributed by atoms with Crippen molar-refractivity contribution in [2.24, 2.45) is 0 Å². The highest BCUT2D eigenvalue weighted by Gasteiger charge is 2.07. The van der Waals surface area contributed by atoms with Crippen molar-refractivity contribution in [3.63, 3.8) is 0 Å². The molecule has 1 N–H and O–H groups in total. The summed E-state index contributed by atoms with van der Waals surface area (Å²) in [5, 5.41) is 0. The Hall–Kier alpha value is -1.07. The third kappa shape index (κ3) is 4.20. The number of para-hydroxylation sites is 1. The van der Waals surface area contributed by atoms with Gasteiger partial charge >= 0.3 is 0 Å². The van der Waals surface area contributed by atoms with Crippen molar-refractivity contribution in [1.82, 2.24) is 0 Å². The Labute approximate surface area is 96.6 Å². The molecule has 16 heavy (non-hydrogen) atoms. The van der Waals surface area contributed by atoms with Gasteiger partial charge in [0.05, 0.1) is 5.75 Å². The number of anilines is 1. The summed E-state index contributed by atoms with van der Waals surface area (Å²) < 4.78 is 29.8. The lowest BCUT2D eigenvalue weighted by Crippen LogP contribution is -2.12. The predicted octanol–water partition coefficient (Wildman–Crippen LogP) is 1.57. The Morgan fingerprint density at radius 1 is 1.25 bits per heavy atom. The second-order valence-corrected chi connectivity index (χ2v) is 5.48. The fourth-order valence-corrected chi connectivity index (χ4v) is 2.11. The van der Waals surface area contributed by atoms with Gasteiger partial charge in [0.1, 0.15) is 0 Å². The third-order valence-electron chi connectivity index (χ3n) is 2.32. The van der Waals surface area contributed by atoms with E-state index in [1.165, 1.54) is 0 Å². The molecular weight excluding hydrogens is 226 g/mol. The topological polar surface area (TPSA) is 57.6 Å². The normalized spacial score (nSPS) is 11.4. The smallest absolute Gasteiger partial charge is 0.264 e. The van der Waals surface area contributed by atoms with E-state index in [0.29, 0.717) is 12.8 Å². The fourth-order valence-electron chi connectivity index (χ4n) is 1.60. The van der Waals surface area contributed by atoms with Gasteiger partial charge in [0.15, 0.2) is 0 Å². The van der Waals surface area contributed by atoms with Gasteiger partial charge in [-0.2, -0.15) is 8.42 Å². The summed E-state index contributed by atoms with van der Waals surface area (Å²) in [4.78, 5) is 1.99. The number of aryl methyl sites for hydroxylation is 1. The van der Waals surface area contributed by atoms with E-state index in [1.807, 2.05) is 43.3 Å². The number of nitrogens with zero attached hydrogens (tertiary/aromatic N) is 1. The van der Waals surface area contributed by atoms with Crippen LogP contribution in [0.2, 0.25) is 0 Å². The molecule has 1 aromatic carbocycles. The molecule has 0 saturated heterocycles. The molecule has 0 aromatic heterocycles. The maximum atomic E-state index is 10.6. The first-order valence-electron chi connectivity index (χ1n) is 5.10. The molecule has 0 radical (unpaired) electrons. The van der Waals surface area contributed by atoms with Crippen molar-refractivity contribution in [3.05, 3.63) is 29.8 Å². The average molecular weight is 243 g/mol. The summed E-state index contributed by atoms with van der Waals surface area (Å²) in [6, 6.07) is 7.83. The van der Waals surface area contributed by atoms with Crippen LogP contribution in [0.1, 0.15) is 12.0 Å². The van der Waals surface area contributed by atoms with Gasteiger partial charge in [-0.15, -0.1) is 0 Å². The third-order valence-corrected chi connectivity index (χ3v) is 3.13. The van der Waals surface area contributed by atoms with Crippen LogP contribution in [0.3, 0.4) is 0 Å². The minimum absolute atomic E-state index is 0.186. The van der Waals surface area contributed by atoms with E-state index in [4.69, 9.17) is 4.55 Å². The van der Waals surface area contributed by atoms with Crippen molar-refractivity contribution >= 4 is 15.8 Å². The SMILES string of the molecule is CN(C)c1ccccc1CCCS(=O)(=O)O. The van der Waals surface area contributed by atoms with Crippen LogP contribution in [-0.4, -0.2) is 32.8 Å². The molecule has 0 aliphatic carbocycles. The lowest BCUT2D eigenvalue weighted by Gasteiger charge is -2.16. The van der Waals surface area contributed by atoms with Crippen LogP contribution in [0.15, 0.2) is 24.3 Å². The van der Waals surface area contributed by atoms with Gasteiger partial charge < -0.3 is 4.90 Å². The van der Waals surface area contributed by atoms with Gasteiger partial charge in [0.2, 0.25) is 0 Å². The molecule has 0 spiro atoms. The van der Waals surface area contributed by atoms with Crippen LogP contribution >= 0.6 is 0 Å². The second kappa shape index (κ2) is 5.32. The lowest BCUT2D eigenvalue weighted by molar-refractivity contribution is 0.481. The molecule has 0 saturated carbocycles. The molecule has 0 heterocycles. The molecule has 0 bridgehead atoms. The largest absolute Gasteiger partial charge is 0.377 e. The van der Waals surface area contributed by atoms with Crippen LogP contribution in [-0.2, 0) is 16.5 Å². The highest BCUT2D eigenvalue weighted by molar-refractivity contribution is 7.85. The molecule has 0 unspecified atom stereocenters. The van der Waals surface area contributed by atoms with Gasteiger partial charge in [-0.1, -0.05) is 18.2 Å². The van der Waals surface area contributed by atoms with E-state index in [2.05, 4.69) is 0 Å². The molecule has 0 fully saturated rings. The average Bonchev–Trinajstić information content (AvgIpc) is 2.16. The summed E-state index contributed by atoms with van der Waals surface area (Å²) in [7, 11) is 0.0511. The van der Waals surface area contributed by atoms with Crippen LogP contribution in [0.25, 0.3) is 0 Å². The van der Waals surface area contributed by atoms with Crippen molar-refractivity contribution in [3.8, 4) is 0 Å². The molecule has 1 rings (SSSR count). The quantitative estimate of drug-likeness (QED) is 0.798. The van der Waals surface area contributed by atoms with E-state index in [-0.39, 0.29) is 5.75 Å². The molecule has 5 heteroatoms. The van der Waals surface area contributed by atoms with Gasteiger partial charge in [0, 0.05) is 19.8 Å². The molecule has 0 amide bonds. The molecule has 0 aliphatic rings.